The molecule has 82 valence electrons. The van der Waals surface area contributed by atoms with Crippen LogP contribution in [0.15, 0.2) is 18.2 Å². The van der Waals surface area contributed by atoms with Crippen molar-refractivity contribution in [1.29, 1.82) is 0 Å². The number of carbonyl (C=O) groups excluding carboxylic acids is 1. The molecule has 0 heterocycles. The van der Waals surface area contributed by atoms with E-state index in [1.54, 1.807) is 25.3 Å². The summed E-state index contributed by atoms with van der Waals surface area (Å²) in [6.45, 7) is 2.60. The lowest BCUT2D eigenvalue weighted by Crippen LogP contribution is -2.03. The van der Waals surface area contributed by atoms with E-state index in [1.165, 1.54) is 0 Å². The molecule has 0 atom stereocenters. The third-order valence-corrected chi connectivity index (χ3v) is 1.83. The van der Waals surface area contributed by atoms with Gasteiger partial charge >= 0.3 is 0 Å². The molecule has 0 aromatic heterocycles. The lowest BCUT2D eigenvalue weighted by molar-refractivity contribution is 0.0208. The van der Waals surface area contributed by atoms with Crippen molar-refractivity contribution in [1.82, 2.24) is 0 Å². The van der Waals surface area contributed by atoms with Gasteiger partial charge in [0.2, 0.25) is 0 Å². The number of carbonyl (C=O) groups is 1. The molecule has 15 heavy (non-hydrogen) atoms. The molecule has 0 N–H and O–H groups in total. The van der Waals surface area contributed by atoms with Crippen LogP contribution in [0.25, 0.3) is 0 Å². The normalized spacial score (nSPS) is 9.73. The zero-order valence-corrected chi connectivity index (χ0v) is 8.86. The van der Waals surface area contributed by atoms with E-state index in [0.29, 0.717) is 23.7 Å². The topological polar surface area (TPSA) is 44.8 Å². The fourth-order valence-corrected chi connectivity index (χ4v) is 1.07. The van der Waals surface area contributed by atoms with E-state index in [-0.39, 0.29) is 6.79 Å². The molecular formula is C11H14O4. The quantitative estimate of drug-likeness (QED) is 0.408. The van der Waals surface area contributed by atoms with Crippen molar-refractivity contribution in [2.75, 3.05) is 20.5 Å². The zero-order valence-electron chi connectivity index (χ0n) is 8.86. The van der Waals surface area contributed by atoms with E-state index in [0.717, 1.165) is 6.29 Å². The summed E-state index contributed by atoms with van der Waals surface area (Å²) in [5, 5.41) is 0. The Bertz CT molecular complexity index is 322. The first-order valence-electron chi connectivity index (χ1n) is 4.65. The van der Waals surface area contributed by atoms with Crippen molar-refractivity contribution in [2.24, 2.45) is 0 Å². The Morgan fingerprint density at radius 2 is 2.13 bits per heavy atom. The average molecular weight is 210 g/mol. The molecule has 4 heteroatoms. The van der Waals surface area contributed by atoms with Gasteiger partial charge in [-0.3, -0.25) is 4.79 Å². The second-order valence-corrected chi connectivity index (χ2v) is 2.78. The van der Waals surface area contributed by atoms with Gasteiger partial charge in [-0.1, -0.05) is 0 Å². The maximum Gasteiger partial charge on any atom is 0.189 e. The van der Waals surface area contributed by atoms with Gasteiger partial charge in [-0.2, -0.15) is 0 Å². The summed E-state index contributed by atoms with van der Waals surface area (Å²) in [5.74, 6) is 1.09. The second kappa shape index (κ2) is 6.03. The third-order valence-electron chi connectivity index (χ3n) is 1.83. The minimum atomic E-state index is 0.148. The minimum absolute atomic E-state index is 0.148. The van der Waals surface area contributed by atoms with Crippen molar-refractivity contribution in [3.63, 3.8) is 0 Å². The van der Waals surface area contributed by atoms with E-state index < -0.39 is 0 Å². The van der Waals surface area contributed by atoms with Crippen LogP contribution in [-0.2, 0) is 4.74 Å². The van der Waals surface area contributed by atoms with Gasteiger partial charge in [0.25, 0.3) is 0 Å². The van der Waals surface area contributed by atoms with Crippen LogP contribution in [0.4, 0.5) is 0 Å². The Morgan fingerprint density at radius 1 is 1.33 bits per heavy atom. The molecule has 0 aliphatic carbocycles. The van der Waals surface area contributed by atoms with Crippen LogP contribution in [0.2, 0.25) is 0 Å². The van der Waals surface area contributed by atoms with Crippen molar-refractivity contribution >= 4 is 6.29 Å². The summed E-state index contributed by atoms with van der Waals surface area (Å²) < 4.78 is 15.4. The van der Waals surface area contributed by atoms with E-state index in [9.17, 15) is 4.79 Å². The molecule has 0 amide bonds. The maximum absolute atomic E-state index is 10.6. The molecule has 0 aliphatic rings. The molecule has 0 unspecified atom stereocenters. The lowest BCUT2D eigenvalue weighted by atomic mass is 10.2. The molecular weight excluding hydrogens is 196 g/mol. The molecule has 0 saturated carbocycles. The summed E-state index contributed by atoms with van der Waals surface area (Å²) in [7, 11) is 1.55. The molecule has 0 spiro atoms. The van der Waals surface area contributed by atoms with E-state index in [4.69, 9.17) is 14.2 Å². The highest BCUT2D eigenvalue weighted by Crippen LogP contribution is 2.27. The summed E-state index contributed by atoms with van der Waals surface area (Å²) >= 11 is 0. The number of hydrogen-bond acceptors (Lipinski definition) is 4. The zero-order chi connectivity index (χ0) is 11.1. The van der Waals surface area contributed by atoms with Gasteiger partial charge in [-0.25, -0.2) is 0 Å². The Morgan fingerprint density at radius 3 is 2.73 bits per heavy atom. The predicted molar refractivity (Wildman–Crippen MR) is 55.5 cm³/mol. The highest BCUT2D eigenvalue weighted by Gasteiger charge is 2.05. The van der Waals surface area contributed by atoms with E-state index in [1.807, 2.05) is 6.92 Å². The van der Waals surface area contributed by atoms with Gasteiger partial charge in [-0.15, -0.1) is 0 Å². The van der Waals surface area contributed by atoms with Crippen molar-refractivity contribution in [2.45, 2.75) is 6.92 Å². The number of aldehydes is 1. The highest BCUT2D eigenvalue weighted by atomic mass is 16.7. The number of benzene rings is 1. The van der Waals surface area contributed by atoms with E-state index >= 15 is 0 Å². The predicted octanol–water partition coefficient (Wildman–Crippen LogP) is 1.88. The minimum Gasteiger partial charge on any atom is -0.493 e. The number of ether oxygens (including phenoxy) is 3. The van der Waals surface area contributed by atoms with Gasteiger partial charge in [0, 0.05) is 12.2 Å². The molecule has 0 radical (unpaired) electrons. The van der Waals surface area contributed by atoms with Crippen LogP contribution in [0.5, 0.6) is 11.5 Å². The van der Waals surface area contributed by atoms with Gasteiger partial charge < -0.3 is 14.2 Å². The summed E-state index contributed by atoms with van der Waals surface area (Å²) in [6.07, 6.45) is 0.757. The molecule has 4 nitrogen and oxygen atoms in total. The van der Waals surface area contributed by atoms with Crippen LogP contribution < -0.4 is 9.47 Å². The van der Waals surface area contributed by atoms with Crippen molar-refractivity contribution in [3.8, 4) is 11.5 Å². The van der Waals surface area contributed by atoms with Crippen LogP contribution in [0.3, 0.4) is 0 Å². The molecule has 1 aromatic rings. The second-order valence-electron chi connectivity index (χ2n) is 2.78. The van der Waals surface area contributed by atoms with Gasteiger partial charge in [0.05, 0.1) is 7.11 Å². The van der Waals surface area contributed by atoms with Crippen LogP contribution in [0.1, 0.15) is 17.3 Å². The molecule has 1 aromatic carbocycles. The fourth-order valence-electron chi connectivity index (χ4n) is 1.07. The smallest absolute Gasteiger partial charge is 0.189 e. The molecule has 0 fully saturated rings. The van der Waals surface area contributed by atoms with Crippen LogP contribution in [-0.4, -0.2) is 26.8 Å². The van der Waals surface area contributed by atoms with Gasteiger partial charge in [0.15, 0.2) is 18.3 Å². The van der Waals surface area contributed by atoms with E-state index in [2.05, 4.69) is 0 Å². The van der Waals surface area contributed by atoms with Crippen molar-refractivity contribution in [3.05, 3.63) is 23.8 Å². The molecule has 0 bridgehead atoms. The first-order valence-corrected chi connectivity index (χ1v) is 4.65. The number of rotatable bonds is 6. The Balaban J connectivity index is 2.76. The summed E-state index contributed by atoms with van der Waals surface area (Å²) in [4.78, 5) is 10.6. The van der Waals surface area contributed by atoms with Gasteiger partial charge in [-0.05, 0) is 25.1 Å². The van der Waals surface area contributed by atoms with Gasteiger partial charge in [0.1, 0.15) is 6.29 Å². The third kappa shape index (κ3) is 3.25. The largest absolute Gasteiger partial charge is 0.493 e. The first kappa shape index (κ1) is 11.5. The lowest BCUT2D eigenvalue weighted by Gasteiger charge is -2.10. The van der Waals surface area contributed by atoms with Crippen LogP contribution in [0, 0.1) is 0 Å². The number of hydrogen-bond donors (Lipinski definition) is 0. The Kier molecular flexibility index (Phi) is 4.63. The molecule has 0 aliphatic heterocycles. The SMILES string of the molecule is CCOCOc1cc(C=O)ccc1OC. The van der Waals surface area contributed by atoms with Crippen LogP contribution >= 0.6 is 0 Å². The standard InChI is InChI=1S/C11H14O4/c1-3-14-8-15-11-6-9(7-12)4-5-10(11)13-2/h4-7H,3,8H2,1-2H3. The highest BCUT2D eigenvalue weighted by molar-refractivity contribution is 5.76. The maximum atomic E-state index is 10.6. The summed E-state index contributed by atoms with van der Waals surface area (Å²) in [5.41, 5.74) is 0.544. The Hall–Kier alpha value is -1.55. The fraction of sp³-hybridized carbons (Fsp3) is 0.364. The molecule has 1 rings (SSSR count). The first-order chi connectivity index (χ1) is 7.31. The van der Waals surface area contributed by atoms with Crippen molar-refractivity contribution < 1.29 is 19.0 Å². The summed E-state index contributed by atoms with van der Waals surface area (Å²) in [6, 6.07) is 4.97. The monoisotopic (exact) mass is 210 g/mol. The average Bonchev–Trinajstić information content (AvgIpc) is 2.29. The Labute approximate surface area is 88.8 Å². The number of methoxy groups -OCH3 is 1. The molecule has 0 saturated heterocycles.